The Balaban J connectivity index is 1.86. The minimum Gasteiger partial charge on any atom is -0.498 e. The average Bonchev–Trinajstić information content (AvgIpc) is 3.17. The van der Waals surface area contributed by atoms with Crippen LogP contribution in [0.15, 0.2) is 47.1 Å². The highest BCUT2D eigenvalue weighted by Gasteiger charge is 2.53. The molecule has 0 saturated carbocycles. The van der Waals surface area contributed by atoms with Crippen molar-refractivity contribution >= 4 is 5.78 Å². The lowest BCUT2D eigenvalue weighted by atomic mass is 9.80. The average molecular weight is 473 g/mol. The summed E-state index contributed by atoms with van der Waals surface area (Å²) in [6.07, 6.45) is 2.41. The summed E-state index contributed by atoms with van der Waals surface area (Å²) in [5, 5.41) is 11.1. The van der Waals surface area contributed by atoms with Crippen LogP contribution in [0.1, 0.15) is 17.3 Å². The van der Waals surface area contributed by atoms with Crippen LogP contribution in [-0.4, -0.2) is 94.1 Å². The smallest absolute Gasteiger partial charge is 0.203 e. The fourth-order valence-electron chi connectivity index (χ4n) is 4.64. The molecule has 2 unspecified atom stereocenters. The highest BCUT2D eigenvalue weighted by atomic mass is 16.5. The molecule has 0 aromatic heterocycles. The van der Waals surface area contributed by atoms with Crippen LogP contribution in [0.4, 0.5) is 0 Å². The molecule has 1 fully saturated rings. The van der Waals surface area contributed by atoms with Gasteiger partial charge in [0.25, 0.3) is 0 Å². The number of carbonyl (C=O) groups is 1. The highest BCUT2D eigenvalue weighted by Crippen LogP contribution is 2.48. The number of methoxy groups -OCH3 is 4. The number of hydrogen-bond donors (Lipinski definition) is 1. The second-order valence-electron chi connectivity index (χ2n) is 8.68. The number of ether oxygens (including phenoxy) is 5. The maximum absolute atomic E-state index is 14.1. The van der Waals surface area contributed by atoms with Gasteiger partial charge in [0.05, 0.1) is 34.0 Å². The lowest BCUT2D eigenvalue weighted by molar-refractivity contribution is -0.0711. The number of allylic oxidation sites excluding steroid dienone is 2. The van der Waals surface area contributed by atoms with Crippen LogP contribution in [0.5, 0.6) is 17.2 Å². The molecular weight excluding hydrogens is 440 g/mol. The second-order valence-corrected chi connectivity index (χ2v) is 8.68. The van der Waals surface area contributed by atoms with Crippen LogP contribution >= 0.6 is 0 Å². The monoisotopic (exact) mass is 472 g/mol. The Bertz CT molecular complexity index is 1040. The number of Topliss-reactive ketones (excluding diaryl/α,β-unsaturated/α-hetero) is 1. The normalized spacial score (nSPS) is 24.7. The van der Waals surface area contributed by atoms with E-state index in [1.54, 1.807) is 31.2 Å². The first-order valence-corrected chi connectivity index (χ1v) is 11.1. The molecule has 34 heavy (non-hydrogen) atoms. The number of aliphatic hydroxyl groups excluding tert-OH is 1. The molecule has 4 rings (SSSR count). The van der Waals surface area contributed by atoms with E-state index in [1.807, 2.05) is 0 Å². The topological polar surface area (TPSA) is 89.9 Å². The van der Waals surface area contributed by atoms with Crippen molar-refractivity contribution in [3.05, 3.63) is 52.6 Å². The van der Waals surface area contributed by atoms with Crippen molar-refractivity contribution in [2.75, 3.05) is 61.7 Å². The van der Waals surface area contributed by atoms with E-state index in [1.165, 1.54) is 28.4 Å². The molecule has 3 aliphatic rings. The van der Waals surface area contributed by atoms with E-state index < -0.39 is 11.7 Å². The van der Waals surface area contributed by atoms with Gasteiger partial charge in [0.15, 0.2) is 29.0 Å². The molecule has 9 nitrogen and oxygen atoms in total. The number of nitrogens with zero attached hydrogens (tertiary/aromatic N) is 2. The van der Waals surface area contributed by atoms with E-state index >= 15 is 0 Å². The van der Waals surface area contributed by atoms with Crippen LogP contribution < -0.4 is 14.2 Å². The number of hydrogen-bond acceptors (Lipinski definition) is 9. The molecule has 1 aromatic carbocycles. The number of piperazine rings is 1. The summed E-state index contributed by atoms with van der Waals surface area (Å²) < 4.78 is 28.1. The van der Waals surface area contributed by atoms with Crippen LogP contribution in [0.3, 0.4) is 0 Å². The molecule has 0 bridgehead atoms. The minimum absolute atomic E-state index is 0.260. The number of carbonyl (C=O) groups excluding carboxylic acids is 1. The minimum atomic E-state index is -1.16. The summed E-state index contributed by atoms with van der Waals surface area (Å²) in [5.74, 6) is 1.75. The van der Waals surface area contributed by atoms with Crippen molar-refractivity contribution in [3.8, 4) is 17.2 Å². The molecule has 2 atom stereocenters. The lowest BCUT2D eigenvalue weighted by Crippen LogP contribution is -2.47. The van der Waals surface area contributed by atoms with Gasteiger partial charge in [-0.15, -0.1) is 0 Å². The second kappa shape index (κ2) is 9.23. The van der Waals surface area contributed by atoms with Crippen molar-refractivity contribution in [2.24, 2.45) is 0 Å². The molecule has 0 radical (unpaired) electrons. The SMILES string of the molecule is COC1=CC=C2C(C(=O)c3cc(OC)c(OC)c(OC)c3)=C(N3CCN(C)CC3)OC2(C)C1O. The lowest BCUT2D eigenvalue weighted by Gasteiger charge is -2.38. The molecule has 184 valence electrons. The van der Waals surface area contributed by atoms with Crippen molar-refractivity contribution in [2.45, 2.75) is 18.6 Å². The van der Waals surface area contributed by atoms with Gasteiger partial charge in [0.2, 0.25) is 11.6 Å². The van der Waals surface area contributed by atoms with E-state index in [0.29, 0.717) is 58.7 Å². The first kappa shape index (κ1) is 24.0. The molecular formula is C25H32N2O7. The third kappa shape index (κ3) is 3.78. The van der Waals surface area contributed by atoms with Gasteiger partial charge < -0.3 is 38.6 Å². The Kier molecular flexibility index (Phi) is 6.51. The fraction of sp³-hybridized carbons (Fsp3) is 0.480. The molecule has 9 heteroatoms. The molecule has 1 aliphatic carbocycles. The van der Waals surface area contributed by atoms with Crippen LogP contribution in [0.25, 0.3) is 0 Å². The van der Waals surface area contributed by atoms with Gasteiger partial charge in [0.1, 0.15) is 5.76 Å². The third-order valence-electron chi connectivity index (χ3n) is 6.71. The Morgan fingerprint density at radius 1 is 1.00 bits per heavy atom. The quantitative estimate of drug-likeness (QED) is 0.598. The van der Waals surface area contributed by atoms with Gasteiger partial charge in [-0.2, -0.15) is 0 Å². The largest absolute Gasteiger partial charge is 0.498 e. The molecule has 2 heterocycles. The van der Waals surface area contributed by atoms with E-state index in [-0.39, 0.29) is 5.78 Å². The summed E-state index contributed by atoms with van der Waals surface area (Å²) in [6, 6.07) is 3.26. The van der Waals surface area contributed by atoms with E-state index in [4.69, 9.17) is 23.7 Å². The number of ketones is 1. The summed E-state index contributed by atoms with van der Waals surface area (Å²) in [4.78, 5) is 18.3. The van der Waals surface area contributed by atoms with Crippen LogP contribution in [0, 0.1) is 0 Å². The maximum Gasteiger partial charge on any atom is 0.203 e. The van der Waals surface area contributed by atoms with Crippen molar-refractivity contribution in [1.82, 2.24) is 9.80 Å². The zero-order valence-electron chi connectivity index (χ0n) is 20.5. The number of aliphatic hydroxyl groups is 1. The molecule has 0 amide bonds. The summed E-state index contributed by atoms with van der Waals surface area (Å²) in [6.45, 7) is 4.83. The van der Waals surface area contributed by atoms with Gasteiger partial charge in [-0.3, -0.25) is 4.79 Å². The fourth-order valence-corrected chi connectivity index (χ4v) is 4.64. The van der Waals surface area contributed by atoms with E-state index in [0.717, 1.165) is 13.1 Å². The van der Waals surface area contributed by atoms with Crippen molar-refractivity contribution in [1.29, 1.82) is 0 Å². The first-order valence-electron chi connectivity index (χ1n) is 11.1. The van der Waals surface area contributed by atoms with E-state index in [2.05, 4.69) is 16.8 Å². The molecule has 2 aliphatic heterocycles. The Labute approximate surface area is 199 Å². The standard InChI is InChI=1S/C25H32N2O7/c1-25-16(7-8-17(30-3)23(25)29)20(24(34-25)27-11-9-26(2)10-12-27)21(28)15-13-18(31-4)22(33-6)19(14-15)32-5/h7-8,13-14,23,29H,9-12H2,1-6H3. The zero-order valence-corrected chi connectivity index (χ0v) is 20.5. The highest BCUT2D eigenvalue weighted by molar-refractivity contribution is 6.13. The molecule has 1 aromatic rings. The number of benzene rings is 1. The Morgan fingerprint density at radius 3 is 2.15 bits per heavy atom. The van der Waals surface area contributed by atoms with E-state index in [9.17, 15) is 9.90 Å². The van der Waals surface area contributed by atoms with Gasteiger partial charge in [-0.25, -0.2) is 0 Å². The predicted octanol–water partition coefficient (Wildman–Crippen LogP) is 1.97. The predicted molar refractivity (Wildman–Crippen MR) is 125 cm³/mol. The summed E-state index contributed by atoms with van der Waals surface area (Å²) in [5.41, 5.74) is 0.214. The Morgan fingerprint density at radius 2 is 1.62 bits per heavy atom. The molecule has 0 spiro atoms. The number of likely N-dealkylation sites (N-methyl/N-ethyl adjacent to an activating group) is 1. The van der Waals surface area contributed by atoms with Crippen LogP contribution in [0.2, 0.25) is 0 Å². The van der Waals surface area contributed by atoms with Gasteiger partial charge in [-0.1, -0.05) is 6.08 Å². The molecule has 1 N–H and O–H groups in total. The molecule has 1 saturated heterocycles. The number of fused-ring (bicyclic) bond motifs is 1. The van der Waals surface area contributed by atoms with Gasteiger partial charge in [0, 0.05) is 37.3 Å². The first-order chi connectivity index (χ1) is 16.3. The summed E-state index contributed by atoms with van der Waals surface area (Å²) >= 11 is 0. The number of rotatable bonds is 7. The third-order valence-corrected chi connectivity index (χ3v) is 6.71. The summed E-state index contributed by atoms with van der Waals surface area (Å²) in [7, 11) is 8.09. The Hall–Kier alpha value is -3.17. The van der Waals surface area contributed by atoms with Crippen molar-refractivity contribution < 1.29 is 33.6 Å². The van der Waals surface area contributed by atoms with Crippen LogP contribution in [-0.2, 0) is 9.47 Å². The van der Waals surface area contributed by atoms with Crippen molar-refractivity contribution in [3.63, 3.8) is 0 Å². The van der Waals surface area contributed by atoms with Gasteiger partial charge in [-0.05, 0) is 32.2 Å². The van der Waals surface area contributed by atoms with Gasteiger partial charge >= 0.3 is 0 Å². The zero-order chi connectivity index (χ0) is 24.6. The maximum atomic E-state index is 14.1.